The number of benzene rings is 1. The highest BCUT2D eigenvalue weighted by atomic mass is 35.5. The fourth-order valence-electron chi connectivity index (χ4n) is 2.30. The van der Waals surface area contributed by atoms with Crippen LogP contribution in [-0.4, -0.2) is 20.2 Å². The minimum atomic E-state index is 0.664. The number of hydrogen-bond donors (Lipinski definition) is 1. The predicted molar refractivity (Wildman–Crippen MR) is 71.9 cm³/mol. The molecule has 94 valence electrons. The van der Waals surface area contributed by atoms with E-state index >= 15 is 0 Å². The zero-order chi connectivity index (χ0) is 12.3. The van der Waals surface area contributed by atoms with Gasteiger partial charge in [0.2, 0.25) is 0 Å². The lowest BCUT2D eigenvalue weighted by Crippen LogP contribution is -2.27. The molecule has 1 aromatic rings. The maximum absolute atomic E-state index is 6.01. The monoisotopic (exact) mass is 253 g/mol. The van der Waals surface area contributed by atoms with E-state index in [1.165, 1.54) is 24.8 Å². The van der Waals surface area contributed by atoms with Gasteiger partial charge in [0.15, 0.2) is 0 Å². The molecule has 3 heteroatoms. The highest BCUT2D eigenvalue weighted by Crippen LogP contribution is 2.34. The van der Waals surface area contributed by atoms with Gasteiger partial charge >= 0.3 is 0 Å². The molecule has 0 saturated heterocycles. The van der Waals surface area contributed by atoms with E-state index in [0.717, 1.165) is 18.1 Å². The third kappa shape index (κ3) is 3.36. The summed E-state index contributed by atoms with van der Waals surface area (Å²) in [4.78, 5) is 0. The van der Waals surface area contributed by atoms with Crippen molar-refractivity contribution in [3.63, 3.8) is 0 Å². The van der Waals surface area contributed by atoms with Crippen molar-refractivity contribution in [2.45, 2.75) is 31.7 Å². The van der Waals surface area contributed by atoms with Crippen molar-refractivity contribution in [1.82, 2.24) is 5.32 Å². The van der Waals surface area contributed by atoms with Gasteiger partial charge in [-0.2, -0.15) is 0 Å². The maximum Gasteiger partial charge on any atom is 0.137 e. The summed E-state index contributed by atoms with van der Waals surface area (Å²) < 4.78 is 5.23. The summed E-state index contributed by atoms with van der Waals surface area (Å²) in [5, 5.41) is 4.10. The molecule has 0 bridgehead atoms. The quantitative estimate of drug-likeness (QED) is 0.840. The first-order valence-electron chi connectivity index (χ1n) is 6.24. The Labute approximate surface area is 108 Å². The van der Waals surface area contributed by atoms with Crippen molar-refractivity contribution < 1.29 is 4.74 Å². The highest BCUT2D eigenvalue weighted by Gasteiger charge is 2.29. The van der Waals surface area contributed by atoms with Gasteiger partial charge in [-0.25, -0.2) is 0 Å². The molecule has 1 unspecified atom stereocenters. The number of rotatable bonds is 6. The molecule has 17 heavy (non-hydrogen) atoms. The van der Waals surface area contributed by atoms with Gasteiger partial charge in [0.25, 0.3) is 0 Å². The Hall–Kier alpha value is -0.730. The van der Waals surface area contributed by atoms with Crippen LogP contribution in [-0.2, 0) is 6.42 Å². The Morgan fingerprint density at radius 1 is 1.47 bits per heavy atom. The maximum atomic E-state index is 6.01. The Bertz CT molecular complexity index is 376. The first-order valence-corrected chi connectivity index (χ1v) is 6.62. The zero-order valence-electron chi connectivity index (χ0n) is 10.5. The van der Waals surface area contributed by atoms with E-state index in [2.05, 4.69) is 18.4 Å². The summed E-state index contributed by atoms with van der Waals surface area (Å²) in [5.74, 6) is 1.67. The predicted octanol–water partition coefficient (Wildman–Crippen LogP) is 3.28. The minimum Gasteiger partial charge on any atom is -0.495 e. The van der Waals surface area contributed by atoms with Crippen LogP contribution in [0.1, 0.15) is 24.8 Å². The molecular weight excluding hydrogens is 234 g/mol. The van der Waals surface area contributed by atoms with Crippen LogP contribution in [0.5, 0.6) is 5.75 Å². The normalized spacial score (nSPS) is 16.9. The number of nitrogens with one attached hydrogen (secondary N) is 1. The average molecular weight is 254 g/mol. The third-order valence-electron chi connectivity index (χ3n) is 3.52. The van der Waals surface area contributed by atoms with E-state index in [4.69, 9.17) is 16.3 Å². The minimum absolute atomic E-state index is 0.664. The summed E-state index contributed by atoms with van der Waals surface area (Å²) >= 11 is 6.01. The number of aryl methyl sites for hydroxylation is 1. The molecule has 1 atom stereocenters. The molecule has 1 N–H and O–H groups in total. The first-order chi connectivity index (χ1) is 8.24. The van der Waals surface area contributed by atoms with Gasteiger partial charge in [0.1, 0.15) is 5.75 Å². The summed E-state index contributed by atoms with van der Waals surface area (Å²) in [5.41, 5.74) is 1.30. The Kier molecular flexibility index (Phi) is 4.30. The molecule has 0 radical (unpaired) electrons. The Balaban J connectivity index is 1.93. The molecule has 1 aliphatic rings. The molecule has 0 amide bonds. The smallest absolute Gasteiger partial charge is 0.137 e. The van der Waals surface area contributed by atoms with Gasteiger partial charge in [-0.05, 0) is 56.3 Å². The van der Waals surface area contributed by atoms with E-state index in [9.17, 15) is 0 Å². The van der Waals surface area contributed by atoms with Crippen LogP contribution in [0.4, 0.5) is 0 Å². The number of ether oxygens (including phenoxy) is 1. The second-order valence-corrected chi connectivity index (χ2v) is 5.15. The van der Waals surface area contributed by atoms with Crippen molar-refractivity contribution in [3.8, 4) is 5.75 Å². The molecular formula is C14H20ClNO. The fraction of sp³-hybridized carbons (Fsp3) is 0.571. The molecule has 2 nitrogen and oxygen atoms in total. The lowest BCUT2D eigenvalue weighted by atomic mass is 10.0. The summed E-state index contributed by atoms with van der Waals surface area (Å²) in [6.07, 6.45) is 5.03. The molecule has 0 aromatic heterocycles. The molecule has 0 heterocycles. The number of hydrogen-bond acceptors (Lipinski definition) is 2. The lowest BCUT2D eigenvalue weighted by molar-refractivity contribution is 0.414. The van der Waals surface area contributed by atoms with E-state index in [0.29, 0.717) is 11.1 Å². The fourth-order valence-corrected chi connectivity index (χ4v) is 2.49. The van der Waals surface area contributed by atoms with Crippen LogP contribution >= 0.6 is 11.6 Å². The van der Waals surface area contributed by atoms with E-state index in [1.54, 1.807) is 7.11 Å². The van der Waals surface area contributed by atoms with Gasteiger partial charge < -0.3 is 10.1 Å². The SMILES string of the molecule is CNC(CCc1ccc(Cl)c(OC)c1)C1CC1. The van der Waals surface area contributed by atoms with Crippen LogP contribution in [0.2, 0.25) is 5.02 Å². The molecule has 1 aliphatic carbocycles. The molecule has 0 spiro atoms. The van der Waals surface area contributed by atoms with Crippen molar-refractivity contribution in [2.75, 3.05) is 14.2 Å². The summed E-state index contributed by atoms with van der Waals surface area (Å²) in [6, 6.07) is 6.71. The van der Waals surface area contributed by atoms with Crippen LogP contribution in [0, 0.1) is 5.92 Å². The highest BCUT2D eigenvalue weighted by molar-refractivity contribution is 6.32. The number of methoxy groups -OCH3 is 1. The summed E-state index contributed by atoms with van der Waals surface area (Å²) in [7, 11) is 3.72. The summed E-state index contributed by atoms with van der Waals surface area (Å²) in [6.45, 7) is 0. The van der Waals surface area contributed by atoms with Gasteiger partial charge in [-0.3, -0.25) is 0 Å². The van der Waals surface area contributed by atoms with Crippen molar-refractivity contribution in [3.05, 3.63) is 28.8 Å². The van der Waals surface area contributed by atoms with Crippen LogP contribution < -0.4 is 10.1 Å². The van der Waals surface area contributed by atoms with Gasteiger partial charge in [0.05, 0.1) is 12.1 Å². The van der Waals surface area contributed by atoms with Crippen LogP contribution in [0.3, 0.4) is 0 Å². The molecule has 1 saturated carbocycles. The lowest BCUT2D eigenvalue weighted by Gasteiger charge is -2.15. The largest absolute Gasteiger partial charge is 0.495 e. The molecule has 2 rings (SSSR count). The third-order valence-corrected chi connectivity index (χ3v) is 3.83. The van der Waals surface area contributed by atoms with Crippen LogP contribution in [0.25, 0.3) is 0 Å². The van der Waals surface area contributed by atoms with E-state index in [-0.39, 0.29) is 0 Å². The first kappa shape index (κ1) is 12.7. The molecule has 0 aliphatic heterocycles. The standard InChI is InChI=1S/C14H20ClNO/c1-16-13(11-5-6-11)8-4-10-3-7-12(15)14(9-10)17-2/h3,7,9,11,13,16H,4-6,8H2,1-2H3. The van der Waals surface area contributed by atoms with Gasteiger partial charge in [-0.1, -0.05) is 17.7 Å². The molecule has 1 fully saturated rings. The number of halogens is 1. The average Bonchev–Trinajstić information content (AvgIpc) is 3.16. The zero-order valence-corrected chi connectivity index (χ0v) is 11.3. The van der Waals surface area contributed by atoms with Gasteiger partial charge in [-0.15, -0.1) is 0 Å². The van der Waals surface area contributed by atoms with Crippen molar-refractivity contribution >= 4 is 11.6 Å². The second-order valence-electron chi connectivity index (χ2n) is 4.74. The van der Waals surface area contributed by atoms with Crippen molar-refractivity contribution in [2.24, 2.45) is 5.92 Å². The van der Waals surface area contributed by atoms with E-state index in [1.807, 2.05) is 12.1 Å². The molecule has 1 aromatic carbocycles. The van der Waals surface area contributed by atoms with Crippen molar-refractivity contribution in [1.29, 1.82) is 0 Å². The Morgan fingerprint density at radius 3 is 2.82 bits per heavy atom. The van der Waals surface area contributed by atoms with E-state index < -0.39 is 0 Å². The second kappa shape index (κ2) is 5.74. The van der Waals surface area contributed by atoms with Crippen LogP contribution in [0.15, 0.2) is 18.2 Å². The Morgan fingerprint density at radius 2 is 2.24 bits per heavy atom. The topological polar surface area (TPSA) is 21.3 Å². The van der Waals surface area contributed by atoms with Gasteiger partial charge in [0, 0.05) is 6.04 Å².